The molecule has 0 unspecified atom stereocenters. The Hall–Kier alpha value is -3.23. The Bertz CT molecular complexity index is 776. The first-order chi connectivity index (χ1) is 12.3. The SMILES string of the molecule is CCc1ccccc1NC(=O)CN(C)C(=O)CN1C(=O)C(=O)N(C)C1=O. The first kappa shape index (κ1) is 19.1. The van der Waals surface area contributed by atoms with Crippen LogP contribution in [0.4, 0.5) is 10.5 Å². The van der Waals surface area contributed by atoms with Crippen LogP contribution in [0.5, 0.6) is 0 Å². The zero-order valence-corrected chi connectivity index (χ0v) is 14.8. The lowest BCUT2D eigenvalue weighted by Crippen LogP contribution is -2.44. The number of amides is 6. The maximum atomic E-state index is 12.2. The summed E-state index contributed by atoms with van der Waals surface area (Å²) in [6.07, 6.45) is 0.742. The minimum atomic E-state index is -1.06. The summed E-state index contributed by atoms with van der Waals surface area (Å²) in [7, 11) is 2.54. The number of likely N-dealkylation sites (N-methyl/N-ethyl adjacent to an activating group) is 2. The highest BCUT2D eigenvalue weighted by Crippen LogP contribution is 2.15. The number of anilines is 1. The highest BCUT2D eigenvalue weighted by atomic mass is 16.2. The van der Waals surface area contributed by atoms with Crippen molar-refractivity contribution in [2.24, 2.45) is 0 Å². The molecule has 0 aromatic heterocycles. The normalized spacial score (nSPS) is 14.0. The summed E-state index contributed by atoms with van der Waals surface area (Å²) in [5, 5.41) is 2.73. The third kappa shape index (κ3) is 3.88. The van der Waals surface area contributed by atoms with E-state index in [4.69, 9.17) is 0 Å². The van der Waals surface area contributed by atoms with Gasteiger partial charge in [0.15, 0.2) is 0 Å². The Labute approximate surface area is 150 Å². The van der Waals surface area contributed by atoms with Crippen molar-refractivity contribution in [3.05, 3.63) is 29.8 Å². The van der Waals surface area contributed by atoms with E-state index in [9.17, 15) is 24.0 Å². The fourth-order valence-corrected chi connectivity index (χ4v) is 2.45. The summed E-state index contributed by atoms with van der Waals surface area (Å²) in [6, 6.07) is 6.46. The first-order valence-electron chi connectivity index (χ1n) is 8.01. The standard InChI is InChI=1S/C17H20N4O5/c1-4-11-7-5-6-8-12(11)18-13(22)9-19(2)14(23)10-21-16(25)15(24)20(3)17(21)26/h5-8H,4,9-10H2,1-3H3,(H,18,22). The Kier molecular flexibility index (Phi) is 5.71. The van der Waals surface area contributed by atoms with Crippen molar-refractivity contribution < 1.29 is 24.0 Å². The molecule has 9 nitrogen and oxygen atoms in total. The molecule has 0 spiro atoms. The van der Waals surface area contributed by atoms with Crippen molar-refractivity contribution in [2.45, 2.75) is 13.3 Å². The summed E-state index contributed by atoms with van der Waals surface area (Å²) < 4.78 is 0. The van der Waals surface area contributed by atoms with Gasteiger partial charge in [-0.15, -0.1) is 0 Å². The highest BCUT2D eigenvalue weighted by Gasteiger charge is 2.43. The van der Waals surface area contributed by atoms with Crippen LogP contribution < -0.4 is 5.32 Å². The van der Waals surface area contributed by atoms with Gasteiger partial charge in [-0.25, -0.2) is 9.69 Å². The van der Waals surface area contributed by atoms with Crippen LogP contribution in [0.2, 0.25) is 0 Å². The second-order valence-corrected chi connectivity index (χ2v) is 5.85. The van der Waals surface area contributed by atoms with E-state index in [0.717, 1.165) is 23.9 Å². The first-order valence-corrected chi connectivity index (χ1v) is 8.01. The van der Waals surface area contributed by atoms with Gasteiger partial charge in [0.2, 0.25) is 11.8 Å². The number of carbonyl (C=O) groups is 5. The van der Waals surface area contributed by atoms with E-state index in [-0.39, 0.29) is 6.54 Å². The molecule has 1 aliphatic heterocycles. The van der Waals surface area contributed by atoms with Crippen LogP contribution in [-0.4, -0.2) is 71.5 Å². The van der Waals surface area contributed by atoms with Gasteiger partial charge in [0.05, 0.1) is 6.54 Å². The highest BCUT2D eigenvalue weighted by molar-refractivity contribution is 6.44. The molecule has 0 aliphatic carbocycles. The third-order valence-corrected chi connectivity index (χ3v) is 4.02. The average Bonchev–Trinajstić information content (AvgIpc) is 2.79. The maximum Gasteiger partial charge on any atom is 0.334 e. The molecule has 2 rings (SSSR count). The molecule has 1 N–H and O–H groups in total. The lowest BCUT2D eigenvalue weighted by Gasteiger charge is -2.20. The number of nitrogens with one attached hydrogen (secondary N) is 1. The minimum absolute atomic E-state index is 0.253. The largest absolute Gasteiger partial charge is 0.335 e. The van der Waals surface area contributed by atoms with Crippen LogP contribution in [0, 0.1) is 0 Å². The van der Waals surface area contributed by atoms with Crippen LogP contribution in [-0.2, 0) is 25.6 Å². The monoisotopic (exact) mass is 360 g/mol. The summed E-state index contributed by atoms with van der Waals surface area (Å²) >= 11 is 0. The minimum Gasteiger partial charge on any atom is -0.335 e. The number of hydrogen-bond acceptors (Lipinski definition) is 5. The number of aryl methyl sites for hydroxylation is 1. The van der Waals surface area contributed by atoms with Crippen LogP contribution in [0.25, 0.3) is 0 Å². The Balaban J connectivity index is 1.94. The second kappa shape index (κ2) is 7.77. The second-order valence-electron chi connectivity index (χ2n) is 5.85. The number of hydrogen-bond donors (Lipinski definition) is 1. The number of urea groups is 1. The fraction of sp³-hybridized carbons (Fsp3) is 0.353. The van der Waals surface area contributed by atoms with Crippen molar-refractivity contribution in [3.63, 3.8) is 0 Å². The molecule has 6 amide bonds. The van der Waals surface area contributed by atoms with E-state index >= 15 is 0 Å². The fourth-order valence-electron chi connectivity index (χ4n) is 2.45. The Morgan fingerprint density at radius 2 is 1.77 bits per heavy atom. The summed E-state index contributed by atoms with van der Waals surface area (Å²) in [5.74, 6) is -3.08. The molecule has 138 valence electrons. The summed E-state index contributed by atoms with van der Waals surface area (Å²) in [4.78, 5) is 61.5. The van der Waals surface area contributed by atoms with Gasteiger partial charge in [-0.05, 0) is 18.1 Å². The van der Waals surface area contributed by atoms with Crippen molar-refractivity contribution in [1.29, 1.82) is 0 Å². The molecule has 0 bridgehead atoms. The third-order valence-electron chi connectivity index (χ3n) is 4.02. The zero-order chi connectivity index (χ0) is 19.4. The topological polar surface area (TPSA) is 107 Å². The molecule has 26 heavy (non-hydrogen) atoms. The van der Waals surface area contributed by atoms with Crippen molar-refractivity contribution >= 4 is 35.3 Å². The zero-order valence-electron chi connectivity index (χ0n) is 14.8. The van der Waals surface area contributed by atoms with Gasteiger partial charge in [0, 0.05) is 19.8 Å². The van der Waals surface area contributed by atoms with Gasteiger partial charge in [0.1, 0.15) is 6.54 Å². The number of carbonyl (C=O) groups excluding carboxylic acids is 5. The predicted molar refractivity (Wildman–Crippen MR) is 92.0 cm³/mol. The van der Waals surface area contributed by atoms with E-state index in [1.165, 1.54) is 7.05 Å². The van der Waals surface area contributed by atoms with Gasteiger partial charge < -0.3 is 10.2 Å². The molecule has 9 heteroatoms. The smallest absolute Gasteiger partial charge is 0.334 e. The van der Waals surface area contributed by atoms with E-state index in [1.807, 2.05) is 19.1 Å². The lowest BCUT2D eigenvalue weighted by atomic mass is 10.1. The van der Waals surface area contributed by atoms with E-state index < -0.39 is 36.2 Å². The molecule has 0 saturated carbocycles. The molecule has 1 fully saturated rings. The van der Waals surface area contributed by atoms with Crippen LogP contribution in [0.3, 0.4) is 0 Å². The Morgan fingerprint density at radius 1 is 1.12 bits per heavy atom. The molecule has 1 aliphatic rings. The van der Waals surface area contributed by atoms with Crippen molar-refractivity contribution in [1.82, 2.24) is 14.7 Å². The number of para-hydroxylation sites is 1. The Morgan fingerprint density at radius 3 is 2.35 bits per heavy atom. The van der Waals surface area contributed by atoms with Crippen molar-refractivity contribution in [2.75, 3.05) is 32.5 Å². The summed E-state index contributed by atoms with van der Waals surface area (Å²) in [5.41, 5.74) is 1.63. The molecular formula is C17H20N4O5. The molecule has 0 atom stereocenters. The van der Waals surface area contributed by atoms with E-state index in [0.29, 0.717) is 15.5 Å². The number of nitrogens with zero attached hydrogens (tertiary/aromatic N) is 3. The average molecular weight is 360 g/mol. The van der Waals surface area contributed by atoms with Gasteiger partial charge in [-0.1, -0.05) is 25.1 Å². The molecular weight excluding hydrogens is 340 g/mol. The van der Waals surface area contributed by atoms with E-state index in [2.05, 4.69) is 5.32 Å². The van der Waals surface area contributed by atoms with Gasteiger partial charge >= 0.3 is 17.8 Å². The van der Waals surface area contributed by atoms with Crippen LogP contribution in [0.1, 0.15) is 12.5 Å². The van der Waals surface area contributed by atoms with E-state index in [1.54, 1.807) is 12.1 Å². The lowest BCUT2D eigenvalue weighted by molar-refractivity contribution is -0.144. The number of imide groups is 2. The molecule has 1 aromatic carbocycles. The summed E-state index contributed by atoms with van der Waals surface area (Å²) in [6.45, 7) is 1.11. The quantitative estimate of drug-likeness (QED) is 0.570. The predicted octanol–water partition coefficient (Wildman–Crippen LogP) is 0.0665. The molecule has 1 saturated heterocycles. The molecule has 1 aromatic rings. The van der Waals surface area contributed by atoms with Gasteiger partial charge in [0.25, 0.3) is 0 Å². The van der Waals surface area contributed by atoms with Crippen molar-refractivity contribution in [3.8, 4) is 0 Å². The maximum absolute atomic E-state index is 12.2. The van der Waals surface area contributed by atoms with Crippen LogP contribution in [0.15, 0.2) is 24.3 Å². The van der Waals surface area contributed by atoms with Gasteiger partial charge in [-0.3, -0.25) is 24.1 Å². The van der Waals surface area contributed by atoms with Crippen LogP contribution >= 0.6 is 0 Å². The number of rotatable bonds is 6. The number of benzene rings is 1. The van der Waals surface area contributed by atoms with Gasteiger partial charge in [-0.2, -0.15) is 0 Å². The molecule has 1 heterocycles. The molecule has 0 radical (unpaired) electrons.